The summed E-state index contributed by atoms with van der Waals surface area (Å²) in [6, 6.07) is 0. The zero-order valence-electron chi connectivity index (χ0n) is 27.3. The zero-order chi connectivity index (χ0) is 31.2. The van der Waals surface area contributed by atoms with Crippen molar-refractivity contribution < 1.29 is 24.2 Å². The predicted molar refractivity (Wildman–Crippen MR) is 166 cm³/mol. The summed E-state index contributed by atoms with van der Waals surface area (Å²) in [4.78, 5) is 43.1. The maximum atomic E-state index is 13.6. The van der Waals surface area contributed by atoms with Gasteiger partial charge in [0.15, 0.2) is 5.76 Å². The third-order valence-corrected chi connectivity index (χ3v) is 13.6. The number of amides is 1. The van der Waals surface area contributed by atoms with Crippen molar-refractivity contribution in [1.29, 1.82) is 0 Å². The molecule has 1 N–H and O–H groups in total. The Labute approximate surface area is 257 Å². The standard InChI is InChI=1S/C36H50N2O5/c1-8-37-17-19-38(20-18-37)31(42)43-29-23(2)24-9-10-27-34(5,25(24)21-26(29)39)14-16-36(7)28-22-33(4,30(40)41)12-11-32(28,3)13-15-35(27,36)6/h9-10,21,28H,8,11-20,22H2,1-7H3,(H,40,41)/t28-,32-,33-,34+,35-,36+/m1/s1. The first-order valence-corrected chi connectivity index (χ1v) is 16.5. The van der Waals surface area contributed by atoms with Crippen molar-refractivity contribution in [2.75, 3.05) is 32.7 Å². The fourth-order valence-electron chi connectivity index (χ4n) is 10.2. The zero-order valence-corrected chi connectivity index (χ0v) is 27.3. The molecule has 6 aliphatic rings. The van der Waals surface area contributed by atoms with Crippen molar-refractivity contribution in [3.8, 4) is 0 Å². The second-order valence-electron chi connectivity index (χ2n) is 15.7. The SMILES string of the molecule is CCN1CCN(C(=O)OC2=C(C)C3=CC=C4[C@@](C)(CC[C@@]5(C)[C@@H]6C[C@](C)(C(=O)O)CC[C@]6(C)CC[C@]45C)C3=CC2=O)CC1. The highest BCUT2D eigenvalue weighted by atomic mass is 16.6. The van der Waals surface area contributed by atoms with Crippen LogP contribution in [-0.2, 0) is 14.3 Å². The molecule has 3 saturated carbocycles. The molecular weight excluding hydrogens is 540 g/mol. The Balaban J connectivity index is 1.33. The lowest BCUT2D eigenvalue weighted by molar-refractivity contribution is -0.178. The number of rotatable bonds is 3. The summed E-state index contributed by atoms with van der Waals surface area (Å²) in [7, 11) is 0. The molecule has 1 amide bonds. The van der Waals surface area contributed by atoms with Gasteiger partial charge in [-0.15, -0.1) is 0 Å². The number of likely N-dealkylation sites (N-methyl/N-ethyl adjacent to an activating group) is 1. The van der Waals surface area contributed by atoms with Gasteiger partial charge in [0.05, 0.1) is 5.41 Å². The molecule has 0 radical (unpaired) electrons. The van der Waals surface area contributed by atoms with Crippen LogP contribution in [0.15, 0.2) is 46.3 Å². The maximum absolute atomic E-state index is 13.6. The van der Waals surface area contributed by atoms with E-state index in [1.165, 1.54) is 5.57 Å². The van der Waals surface area contributed by atoms with Gasteiger partial charge in [-0.05, 0) is 105 Å². The quantitative estimate of drug-likeness (QED) is 0.384. The molecule has 0 aromatic heterocycles. The number of ketones is 1. The van der Waals surface area contributed by atoms with Gasteiger partial charge in [-0.2, -0.15) is 0 Å². The summed E-state index contributed by atoms with van der Waals surface area (Å²) in [6.45, 7) is 19.3. The van der Waals surface area contributed by atoms with E-state index in [-0.39, 0.29) is 33.2 Å². The number of fused-ring (bicyclic) bond motifs is 7. The second kappa shape index (κ2) is 9.92. The summed E-state index contributed by atoms with van der Waals surface area (Å²) in [5.74, 6) is -0.428. The molecule has 1 aliphatic heterocycles. The predicted octanol–water partition coefficient (Wildman–Crippen LogP) is 6.91. The molecule has 4 fully saturated rings. The summed E-state index contributed by atoms with van der Waals surface area (Å²) < 4.78 is 5.82. The normalized spacial score (nSPS) is 41.2. The molecule has 5 aliphatic carbocycles. The smallest absolute Gasteiger partial charge is 0.415 e. The van der Waals surface area contributed by atoms with E-state index in [4.69, 9.17) is 4.74 Å². The van der Waals surface area contributed by atoms with Gasteiger partial charge in [0.25, 0.3) is 0 Å². The van der Waals surface area contributed by atoms with Gasteiger partial charge in [-0.3, -0.25) is 9.59 Å². The van der Waals surface area contributed by atoms with Crippen molar-refractivity contribution in [1.82, 2.24) is 9.80 Å². The average Bonchev–Trinajstić information content (AvgIpc) is 2.97. The van der Waals surface area contributed by atoms with E-state index in [0.29, 0.717) is 19.0 Å². The van der Waals surface area contributed by atoms with E-state index in [1.54, 1.807) is 11.0 Å². The van der Waals surface area contributed by atoms with E-state index in [1.807, 2.05) is 13.8 Å². The van der Waals surface area contributed by atoms with Crippen LogP contribution in [0.25, 0.3) is 0 Å². The van der Waals surface area contributed by atoms with Crippen LogP contribution in [0.5, 0.6) is 0 Å². The summed E-state index contributed by atoms with van der Waals surface area (Å²) >= 11 is 0. The van der Waals surface area contributed by atoms with Crippen LogP contribution in [-0.4, -0.2) is 65.5 Å². The number of carbonyl (C=O) groups excluding carboxylic acids is 2. The van der Waals surface area contributed by atoms with Crippen molar-refractivity contribution in [3.05, 3.63) is 46.3 Å². The van der Waals surface area contributed by atoms with Crippen LogP contribution in [0.1, 0.15) is 93.4 Å². The number of hydrogen-bond acceptors (Lipinski definition) is 5. The maximum Gasteiger partial charge on any atom is 0.415 e. The molecule has 7 heteroatoms. The number of piperazine rings is 1. The minimum Gasteiger partial charge on any atom is -0.481 e. The molecule has 6 atom stereocenters. The first-order valence-electron chi connectivity index (χ1n) is 16.5. The van der Waals surface area contributed by atoms with E-state index >= 15 is 0 Å². The lowest BCUT2D eigenvalue weighted by atomic mass is 9.34. The first kappa shape index (κ1) is 30.4. The number of ether oxygens (including phenoxy) is 1. The number of allylic oxidation sites excluding steroid dienone is 7. The van der Waals surface area contributed by atoms with Gasteiger partial charge in [-0.25, -0.2) is 4.79 Å². The number of hydrogen-bond donors (Lipinski definition) is 1. The van der Waals surface area contributed by atoms with Crippen LogP contribution in [0.4, 0.5) is 4.79 Å². The minimum absolute atomic E-state index is 0.0412. The van der Waals surface area contributed by atoms with Crippen molar-refractivity contribution >= 4 is 17.8 Å². The fourth-order valence-corrected chi connectivity index (χ4v) is 10.2. The lowest BCUT2D eigenvalue weighted by Gasteiger charge is -2.70. The minimum atomic E-state index is -0.683. The Morgan fingerprint density at radius 3 is 2.28 bits per heavy atom. The molecule has 6 rings (SSSR count). The molecule has 0 unspecified atom stereocenters. The molecule has 7 nitrogen and oxygen atoms in total. The van der Waals surface area contributed by atoms with Crippen molar-refractivity contribution in [2.24, 2.45) is 33.0 Å². The van der Waals surface area contributed by atoms with Gasteiger partial charge in [0.2, 0.25) is 5.78 Å². The monoisotopic (exact) mass is 590 g/mol. The Morgan fingerprint density at radius 1 is 0.953 bits per heavy atom. The topological polar surface area (TPSA) is 87.2 Å². The molecule has 1 saturated heterocycles. The molecule has 234 valence electrons. The number of carbonyl (C=O) groups is 3. The molecule has 0 bridgehead atoms. The Bertz CT molecular complexity index is 1400. The van der Waals surface area contributed by atoms with Gasteiger partial charge < -0.3 is 19.6 Å². The number of nitrogens with zero attached hydrogens (tertiary/aromatic N) is 2. The second-order valence-corrected chi connectivity index (χ2v) is 15.7. The van der Waals surface area contributed by atoms with E-state index in [9.17, 15) is 19.5 Å². The van der Waals surface area contributed by atoms with E-state index in [0.717, 1.165) is 81.3 Å². The highest BCUT2D eigenvalue weighted by Gasteiger charge is 2.67. The Hall–Kier alpha value is -2.67. The highest BCUT2D eigenvalue weighted by Crippen LogP contribution is 2.75. The van der Waals surface area contributed by atoms with Crippen molar-refractivity contribution in [2.45, 2.75) is 93.4 Å². The van der Waals surface area contributed by atoms with Crippen LogP contribution in [0.3, 0.4) is 0 Å². The number of carboxylic acid groups (broad SMARTS) is 1. The molecule has 1 heterocycles. The fraction of sp³-hybridized carbons (Fsp3) is 0.694. The van der Waals surface area contributed by atoms with Gasteiger partial charge in [0, 0.05) is 37.2 Å². The van der Waals surface area contributed by atoms with E-state index < -0.39 is 17.5 Å². The molecule has 43 heavy (non-hydrogen) atoms. The molecule has 0 spiro atoms. The van der Waals surface area contributed by atoms with E-state index in [2.05, 4.69) is 51.7 Å². The summed E-state index contributed by atoms with van der Waals surface area (Å²) in [5.41, 5.74) is 3.15. The molecular formula is C36H50N2O5. The van der Waals surface area contributed by atoms with Crippen LogP contribution in [0, 0.1) is 33.0 Å². The van der Waals surface area contributed by atoms with Crippen LogP contribution >= 0.6 is 0 Å². The van der Waals surface area contributed by atoms with Crippen LogP contribution in [0.2, 0.25) is 0 Å². The summed E-state index contributed by atoms with van der Waals surface area (Å²) in [6.07, 6.45) is 12.2. The third kappa shape index (κ3) is 4.27. The first-order chi connectivity index (χ1) is 20.1. The summed E-state index contributed by atoms with van der Waals surface area (Å²) in [5, 5.41) is 10.2. The van der Waals surface area contributed by atoms with Crippen molar-refractivity contribution in [3.63, 3.8) is 0 Å². The van der Waals surface area contributed by atoms with Gasteiger partial charge >= 0.3 is 12.1 Å². The van der Waals surface area contributed by atoms with Crippen LogP contribution < -0.4 is 0 Å². The lowest BCUT2D eigenvalue weighted by Crippen LogP contribution is -2.62. The average molecular weight is 591 g/mol. The third-order valence-electron chi connectivity index (χ3n) is 13.6. The highest BCUT2D eigenvalue weighted by molar-refractivity contribution is 6.08. The number of aliphatic carboxylic acids is 1. The number of carboxylic acids is 1. The molecule has 0 aromatic rings. The Kier molecular flexibility index (Phi) is 7.00. The Morgan fingerprint density at radius 2 is 1.63 bits per heavy atom. The van der Waals surface area contributed by atoms with Gasteiger partial charge in [0.1, 0.15) is 0 Å². The van der Waals surface area contributed by atoms with Gasteiger partial charge in [-0.1, -0.05) is 52.3 Å². The largest absolute Gasteiger partial charge is 0.481 e. The molecule has 0 aromatic carbocycles.